The summed E-state index contributed by atoms with van der Waals surface area (Å²) in [5.74, 6) is 1.05. The van der Waals surface area contributed by atoms with E-state index in [1.807, 2.05) is 0 Å². The van der Waals surface area contributed by atoms with Crippen molar-refractivity contribution in [2.45, 2.75) is 0 Å². The van der Waals surface area contributed by atoms with Crippen molar-refractivity contribution in [3.8, 4) is 23.0 Å². The Morgan fingerprint density at radius 3 is 2.50 bits per heavy atom. The largest absolute Gasteiger partial charge is 0.493 e. The molecular formula is C18H16O7S. The van der Waals surface area contributed by atoms with E-state index in [1.54, 1.807) is 24.3 Å². The van der Waals surface area contributed by atoms with Crippen LogP contribution in [0.4, 0.5) is 0 Å². The molecule has 0 aromatic heterocycles. The molecule has 2 aromatic carbocycles. The Bertz CT molecular complexity index is 1010. The smallest absolute Gasteiger partial charge is 0.306 e. The van der Waals surface area contributed by atoms with Crippen molar-refractivity contribution >= 4 is 22.0 Å². The van der Waals surface area contributed by atoms with Crippen LogP contribution in [0.5, 0.6) is 23.0 Å². The van der Waals surface area contributed by atoms with Gasteiger partial charge in [-0.15, -0.1) is 0 Å². The lowest BCUT2D eigenvalue weighted by Gasteiger charge is -2.10. The predicted octanol–water partition coefficient (Wildman–Crippen LogP) is 2.66. The Hall–Kier alpha value is -3.00. The molecule has 1 aliphatic rings. The molecule has 2 aromatic rings. The summed E-state index contributed by atoms with van der Waals surface area (Å²) in [4.78, 5) is 12.5. The summed E-state index contributed by atoms with van der Waals surface area (Å²) in [6.07, 6.45) is 2.48. The van der Waals surface area contributed by atoms with Gasteiger partial charge in [-0.05, 0) is 24.3 Å². The van der Waals surface area contributed by atoms with Crippen molar-refractivity contribution in [1.82, 2.24) is 0 Å². The monoisotopic (exact) mass is 376 g/mol. The topological polar surface area (TPSA) is 88.1 Å². The van der Waals surface area contributed by atoms with Crippen molar-refractivity contribution in [3.63, 3.8) is 0 Å². The highest BCUT2D eigenvalue weighted by atomic mass is 32.2. The molecule has 0 bridgehead atoms. The van der Waals surface area contributed by atoms with Crippen LogP contribution in [0, 0.1) is 0 Å². The van der Waals surface area contributed by atoms with E-state index in [-0.39, 0.29) is 23.0 Å². The number of carbonyl (C=O) groups is 1. The number of ether oxygens (including phenoxy) is 3. The SMILES string of the molecule is COc1cccc(/C=C2\Oc3cc(OS(C)(=O)=O)ccc3C2=O)c1OC. The molecule has 26 heavy (non-hydrogen) atoms. The maximum absolute atomic E-state index is 12.5. The Balaban J connectivity index is 1.97. The molecule has 136 valence electrons. The van der Waals surface area contributed by atoms with Gasteiger partial charge in [0.05, 0.1) is 26.0 Å². The number of para-hydroxylation sites is 1. The maximum atomic E-state index is 12.5. The number of hydrogen-bond acceptors (Lipinski definition) is 7. The second kappa shape index (κ2) is 6.72. The highest BCUT2D eigenvalue weighted by Gasteiger charge is 2.28. The van der Waals surface area contributed by atoms with Crippen LogP contribution < -0.4 is 18.4 Å². The standard InChI is InChI=1S/C18H16O7S/c1-22-14-6-4-5-11(18(14)23-2)9-16-17(19)13-8-7-12(10-15(13)24-16)25-26(3,20)21/h4-10H,1-3H3/b16-9-. The van der Waals surface area contributed by atoms with Gasteiger partial charge < -0.3 is 18.4 Å². The predicted molar refractivity (Wildman–Crippen MR) is 94.4 cm³/mol. The van der Waals surface area contributed by atoms with Gasteiger partial charge in [-0.25, -0.2) is 0 Å². The molecule has 0 amide bonds. The molecule has 7 nitrogen and oxygen atoms in total. The van der Waals surface area contributed by atoms with Crippen LogP contribution in [0.2, 0.25) is 0 Å². The van der Waals surface area contributed by atoms with Gasteiger partial charge in [-0.1, -0.05) is 12.1 Å². The van der Waals surface area contributed by atoms with Crippen molar-refractivity contribution in [2.24, 2.45) is 0 Å². The van der Waals surface area contributed by atoms with Crippen molar-refractivity contribution in [1.29, 1.82) is 0 Å². The quantitative estimate of drug-likeness (QED) is 0.585. The molecule has 0 fully saturated rings. The summed E-state index contributed by atoms with van der Waals surface area (Å²) < 4.78 is 43.4. The average molecular weight is 376 g/mol. The first-order chi connectivity index (χ1) is 12.3. The number of methoxy groups -OCH3 is 2. The normalized spacial score (nSPS) is 14.7. The molecule has 0 radical (unpaired) electrons. The van der Waals surface area contributed by atoms with Crippen LogP contribution in [0.25, 0.3) is 6.08 Å². The summed E-state index contributed by atoms with van der Waals surface area (Å²) >= 11 is 0. The fourth-order valence-electron chi connectivity index (χ4n) is 2.56. The number of hydrogen-bond donors (Lipinski definition) is 0. The molecule has 0 spiro atoms. The average Bonchev–Trinajstić information content (AvgIpc) is 2.88. The minimum Gasteiger partial charge on any atom is -0.493 e. The zero-order valence-electron chi connectivity index (χ0n) is 14.3. The van der Waals surface area contributed by atoms with Crippen LogP contribution in [0.1, 0.15) is 15.9 Å². The van der Waals surface area contributed by atoms with Gasteiger partial charge in [0.2, 0.25) is 5.78 Å². The summed E-state index contributed by atoms with van der Waals surface area (Å²) in [6, 6.07) is 9.47. The van der Waals surface area contributed by atoms with Gasteiger partial charge in [-0.3, -0.25) is 4.79 Å². The Labute approximate surface area is 150 Å². The molecule has 0 saturated carbocycles. The molecule has 8 heteroatoms. The first kappa shape index (κ1) is 17.8. The molecular weight excluding hydrogens is 360 g/mol. The molecule has 0 atom stereocenters. The lowest BCUT2D eigenvalue weighted by atomic mass is 10.1. The van der Waals surface area contributed by atoms with Crippen LogP contribution in [0.3, 0.4) is 0 Å². The van der Waals surface area contributed by atoms with E-state index in [0.29, 0.717) is 22.6 Å². The summed E-state index contributed by atoms with van der Waals surface area (Å²) in [5.41, 5.74) is 0.926. The Morgan fingerprint density at radius 2 is 1.85 bits per heavy atom. The van der Waals surface area contributed by atoms with Gasteiger partial charge in [0.25, 0.3) is 0 Å². The number of ketones is 1. The summed E-state index contributed by atoms with van der Waals surface area (Å²) in [5, 5.41) is 0. The van der Waals surface area contributed by atoms with Crippen LogP contribution in [0.15, 0.2) is 42.2 Å². The van der Waals surface area contributed by atoms with E-state index in [1.165, 1.54) is 32.4 Å². The number of rotatable bonds is 5. The van der Waals surface area contributed by atoms with Crippen LogP contribution in [-0.2, 0) is 10.1 Å². The minimum absolute atomic E-state index is 0.0688. The lowest BCUT2D eigenvalue weighted by molar-refractivity contribution is 0.101. The third kappa shape index (κ3) is 3.50. The summed E-state index contributed by atoms with van der Waals surface area (Å²) in [7, 11) is -0.653. The van der Waals surface area contributed by atoms with E-state index in [9.17, 15) is 13.2 Å². The molecule has 0 unspecified atom stereocenters. The highest BCUT2D eigenvalue weighted by Crippen LogP contribution is 2.37. The zero-order valence-corrected chi connectivity index (χ0v) is 15.1. The fraction of sp³-hybridized carbons (Fsp3) is 0.167. The van der Waals surface area contributed by atoms with Gasteiger partial charge in [0, 0.05) is 11.6 Å². The van der Waals surface area contributed by atoms with Crippen molar-refractivity contribution in [3.05, 3.63) is 53.3 Å². The number of allylic oxidation sites excluding steroid dienone is 1. The molecule has 0 aliphatic carbocycles. The van der Waals surface area contributed by atoms with Crippen LogP contribution in [-0.4, -0.2) is 34.7 Å². The van der Waals surface area contributed by atoms with E-state index in [4.69, 9.17) is 18.4 Å². The Morgan fingerprint density at radius 1 is 1.08 bits per heavy atom. The first-order valence-electron chi connectivity index (χ1n) is 7.51. The summed E-state index contributed by atoms with van der Waals surface area (Å²) in [6.45, 7) is 0. The van der Waals surface area contributed by atoms with E-state index >= 15 is 0 Å². The highest BCUT2D eigenvalue weighted by molar-refractivity contribution is 7.86. The number of Topliss-reactive ketones (excluding diaryl/α,β-unsaturated/α-hetero) is 1. The minimum atomic E-state index is -3.67. The van der Waals surface area contributed by atoms with Crippen LogP contribution >= 0.6 is 0 Å². The maximum Gasteiger partial charge on any atom is 0.306 e. The van der Waals surface area contributed by atoms with Crippen molar-refractivity contribution in [2.75, 3.05) is 20.5 Å². The van der Waals surface area contributed by atoms with E-state index < -0.39 is 10.1 Å². The Kier molecular flexibility index (Phi) is 4.60. The number of benzene rings is 2. The molecule has 1 heterocycles. The van der Waals surface area contributed by atoms with Gasteiger partial charge in [-0.2, -0.15) is 8.42 Å². The molecule has 0 N–H and O–H groups in total. The molecule has 3 rings (SSSR count). The van der Waals surface area contributed by atoms with Gasteiger partial charge in [0.15, 0.2) is 17.3 Å². The molecule has 0 saturated heterocycles. The second-order valence-electron chi connectivity index (χ2n) is 5.47. The molecule has 1 aliphatic heterocycles. The number of fused-ring (bicyclic) bond motifs is 1. The first-order valence-corrected chi connectivity index (χ1v) is 9.33. The second-order valence-corrected chi connectivity index (χ2v) is 7.04. The lowest BCUT2D eigenvalue weighted by Crippen LogP contribution is -2.05. The third-order valence-corrected chi connectivity index (χ3v) is 4.10. The zero-order chi connectivity index (χ0) is 18.9. The van der Waals surface area contributed by atoms with E-state index in [0.717, 1.165) is 6.26 Å². The van der Waals surface area contributed by atoms with Crippen molar-refractivity contribution < 1.29 is 31.6 Å². The fourth-order valence-corrected chi connectivity index (χ4v) is 3.01. The number of carbonyl (C=O) groups excluding carboxylic acids is 1. The third-order valence-electron chi connectivity index (χ3n) is 3.61. The van der Waals surface area contributed by atoms with E-state index in [2.05, 4.69) is 0 Å². The van der Waals surface area contributed by atoms with Gasteiger partial charge in [0.1, 0.15) is 11.5 Å². The van der Waals surface area contributed by atoms with Gasteiger partial charge >= 0.3 is 10.1 Å².